The van der Waals surface area contributed by atoms with Crippen LogP contribution in [-0.2, 0) is 0 Å². The highest BCUT2D eigenvalue weighted by Gasteiger charge is 2.10. The highest BCUT2D eigenvalue weighted by atomic mass is 79.9. The van der Waals surface area contributed by atoms with Crippen molar-refractivity contribution in [2.75, 3.05) is 19.5 Å². The van der Waals surface area contributed by atoms with Crippen LogP contribution < -0.4 is 15.2 Å². The lowest BCUT2D eigenvalue weighted by atomic mass is 10.2. The number of ether oxygens (including phenoxy) is 2. The molecular weight excluding hydrogens is 340 g/mol. The number of tetrazole rings is 1. The first-order chi connectivity index (χ1) is 10.2. The second kappa shape index (κ2) is 6.84. The Kier molecular flexibility index (Phi) is 4.88. The van der Waals surface area contributed by atoms with Crippen LogP contribution >= 0.6 is 15.9 Å². The molecule has 0 aliphatic carbocycles. The van der Waals surface area contributed by atoms with Gasteiger partial charge in [-0.3, -0.25) is 0 Å². The fraction of sp³-hybridized carbons (Fsp3) is 0.167. The number of hydrogen-bond donors (Lipinski definition) is 1. The molecule has 2 rings (SSSR count). The van der Waals surface area contributed by atoms with Crippen LogP contribution in [0.3, 0.4) is 0 Å². The number of nitrogens with zero attached hydrogens (tertiary/aromatic N) is 5. The van der Waals surface area contributed by atoms with Gasteiger partial charge in [0.1, 0.15) is 6.61 Å². The number of rotatable bonds is 6. The maximum absolute atomic E-state index is 5.54. The molecule has 1 heterocycles. The summed E-state index contributed by atoms with van der Waals surface area (Å²) in [7, 11) is 1.56. The Morgan fingerprint density at radius 1 is 1.52 bits per heavy atom. The highest BCUT2D eigenvalue weighted by Crippen LogP contribution is 2.36. The first kappa shape index (κ1) is 15.0. The third kappa shape index (κ3) is 3.57. The number of halogens is 1. The van der Waals surface area contributed by atoms with Crippen molar-refractivity contribution in [3.8, 4) is 11.5 Å². The summed E-state index contributed by atoms with van der Waals surface area (Å²) in [6, 6.07) is 3.60. The minimum Gasteiger partial charge on any atom is -0.493 e. The van der Waals surface area contributed by atoms with E-state index in [1.165, 1.54) is 0 Å². The van der Waals surface area contributed by atoms with E-state index in [2.05, 4.69) is 43.1 Å². The van der Waals surface area contributed by atoms with Gasteiger partial charge in [0.2, 0.25) is 0 Å². The number of aromatic nitrogens is 4. The van der Waals surface area contributed by atoms with Crippen molar-refractivity contribution in [1.82, 2.24) is 20.3 Å². The number of nitrogens with two attached hydrogens (primary N) is 1. The van der Waals surface area contributed by atoms with Crippen LogP contribution in [0.5, 0.6) is 11.5 Å². The zero-order valence-electron chi connectivity index (χ0n) is 11.2. The van der Waals surface area contributed by atoms with E-state index in [0.717, 1.165) is 14.8 Å². The first-order valence-electron chi connectivity index (χ1n) is 5.85. The zero-order valence-corrected chi connectivity index (χ0v) is 12.8. The average Bonchev–Trinajstić information content (AvgIpc) is 2.88. The number of anilines is 1. The molecule has 1 aromatic heterocycles. The standard InChI is InChI=1S/C12H13BrN6O2/c1-3-4-21-11-9(13)5-8(6-10(11)20-2)7-15-19-12(14)16-17-18-19/h3,5-7H,1,4H2,2H3,(H2,14,16,18). The zero-order chi connectivity index (χ0) is 15.2. The summed E-state index contributed by atoms with van der Waals surface area (Å²) in [5.41, 5.74) is 6.28. The van der Waals surface area contributed by atoms with E-state index in [1.54, 1.807) is 25.5 Å². The van der Waals surface area contributed by atoms with Crippen molar-refractivity contribution in [3.63, 3.8) is 0 Å². The minimum atomic E-state index is 0.100. The lowest BCUT2D eigenvalue weighted by molar-refractivity contribution is 0.324. The Bertz CT molecular complexity index is 670. The maximum atomic E-state index is 5.54. The highest BCUT2D eigenvalue weighted by molar-refractivity contribution is 9.10. The molecule has 0 unspecified atom stereocenters. The molecule has 110 valence electrons. The largest absolute Gasteiger partial charge is 0.493 e. The third-order valence-corrected chi connectivity index (χ3v) is 2.98. The van der Waals surface area contributed by atoms with Crippen molar-refractivity contribution < 1.29 is 9.47 Å². The Hall–Kier alpha value is -2.42. The summed E-state index contributed by atoms with van der Waals surface area (Å²) in [6.45, 7) is 3.99. The van der Waals surface area contributed by atoms with Gasteiger partial charge < -0.3 is 15.2 Å². The first-order valence-corrected chi connectivity index (χ1v) is 6.64. The molecule has 2 N–H and O–H groups in total. The van der Waals surface area contributed by atoms with E-state index in [1.807, 2.05) is 6.07 Å². The molecule has 9 heteroatoms. The molecule has 0 aliphatic rings. The minimum absolute atomic E-state index is 0.100. The SMILES string of the molecule is C=CCOc1c(Br)cc(C=Nn2nnnc2N)cc1OC. The van der Waals surface area contributed by atoms with Crippen molar-refractivity contribution >= 4 is 28.1 Å². The van der Waals surface area contributed by atoms with Crippen molar-refractivity contribution in [3.05, 3.63) is 34.8 Å². The number of benzene rings is 1. The average molecular weight is 353 g/mol. The van der Waals surface area contributed by atoms with Crippen LogP contribution in [0.1, 0.15) is 5.56 Å². The van der Waals surface area contributed by atoms with E-state index < -0.39 is 0 Å². The number of nitrogen functional groups attached to an aromatic ring is 1. The molecule has 0 spiro atoms. The van der Waals surface area contributed by atoms with E-state index in [9.17, 15) is 0 Å². The maximum Gasteiger partial charge on any atom is 0.263 e. The van der Waals surface area contributed by atoms with Gasteiger partial charge in [-0.2, -0.15) is 5.10 Å². The van der Waals surface area contributed by atoms with E-state index in [4.69, 9.17) is 15.2 Å². The molecule has 0 amide bonds. The predicted molar refractivity (Wildman–Crippen MR) is 81.6 cm³/mol. The molecular formula is C12H13BrN6O2. The second-order valence-corrected chi connectivity index (χ2v) is 4.66. The fourth-order valence-corrected chi connectivity index (χ4v) is 2.06. The summed E-state index contributed by atoms with van der Waals surface area (Å²) < 4.78 is 11.6. The van der Waals surface area contributed by atoms with Gasteiger partial charge in [0.25, 0.3) is 5.95 Å². The van der Waals surface area contributed by atoms with Gasteiger partial charge in [-0.25, -0.2) is 0 Å². The molecule has 0 fully saturated rings. The van der Waals surface area contributed by atoms with Gasteiger partial charge in [0, 0.05) is 0 Å². The van der Waals surface area contributed by atoms with Crippen LogP contribution in [0.25, 0.3) is 0 Å². The predicted octanol–water partition coefficient (Wildman–Crippen LogP) is 1.47. The second-order valence-electron chi connectivity index (χ2n) is 3.80. The molecule has 0 aliphatic heterocycles. The van der Waals surface area contributed by atoms with Crippen molar-refractivity contribution in [1.29, 1.82) is 0 Å². The van der Waals surface area contributed by atoms with Gasteiger partial charge >= 0.3 is 0 Å². The molecule has 2 aromatic rings. The molecule has 0 saturated carbocycles. The van der Waals surface area contributed by atoms with Crippen LogP contribution in [-0.4, -0.2) is 40.2 Å². The normalized spacial score (nSPS) is 10.8. The Labute approximate surface area is 129 Å². The van der Waals surface area contributed by atoms with Gasteiger partial charge in [-0.1, -0.05) is 22.5 Å². The van der Waals surface area contributed by atoms with Crippen LogP contribution in [0.15, 0.2) is 34.4 Å². The van der Waals surface area contributed by atoms with Gasteiger partial charge in [-0.05, 0) is 44.1 Å². The van der Waals surface area contributed by atoms with Gasteiger partial charge in [0.05, 0.1) is 17.8 Å². The quantitative estimate of drug-likeness (QED) is 0.624. The molecule has 0 atom stereocenters. The Balaban J connectivity index is 2.29. The topological polar surface area (TPSA) is 100 Å². The molecule has 21 heavy (non-hydrogen) atoms. The summed E-state index contributed by atoms with van der Waals surface area (Å²) >= 11 is 3.43. The summed E-state index contributed by atoms with van der Waals surface area (Å²) in [6.07, 6.45) is 3.21. The van der Waals surface area contributed by atoms with Gasteiger partial charge in [-0.15, -0.1) is 0 Å². The van der Waals surface area contributed by atoms with Crippen LogP contribution in [0.4, 0.5) is 5.95 Å². The molecule has 8 nitrogen and oxygen atoms in total. The lowest BCUT2D eigenvalue weighted by Crippen LogP contribution is -2.01. The Morgan fingerprint density at radius 3 is 2.95 bits per heavy atom. The number of methoxy groups -OCH3 is 1. The smallest absolute Gasteiger partial charge is 0.263 e. The molecule has 0 bridgehead atoms. The third-order valence-electron chi connectivity index (χ3n) is 2.39. The van der Waals surface area contributed by atoms with Crippen molar-refractivity contribution in [2.45, 2.75) is 0 Å². The van der Waals surface area contributed by atoms with Crippen molar-refractivity contribution in [2.24, 2.45) is 5.10 Å². The molecule has 0 radical (unpaired) electrons. The van der Waals surface area contributed by atoms with E-state index in [0.29, 0.717) is 18.1 Å². The number of hydrogen-bond acceptors (Lipinski definition) is 7. The summed E-state index contributed by atoms with van der Waals surface area (Å²) in [5.74, 6) is 1.26. The molecule has 0 saturated heterocycles. The monoisotopic (exact) mass is 352 g/mol. The van der Waals surface area contributed by atoms with Crippen LogP contribution in [0.2, 0.25) is 0 Å². The van der Waals surface area contributed by atoms with Crippen LogP contribution in [0, 0.1) is 0 Å². The van der Waals surface area contributed by atoms with E-state index >= 15 is 0 Å². The molecule has 1 aromatic carbocycles. The fourth-order valence-electron chi connectivity index (χ4n) is 1.49. The lowest BCUT2D eigenvalue weighted by Gasteiger charge is -2.12. The van der Waals surface area contributed by atoms with Gasteiger partial charge in [0.15, 0.2) is 11.5 Å². The Morgan fingerprint density at radius 2 is 2.33 bits per heavy atom. The summed E-state index contributed by atoms with van der Waals surface area (Å²) in [5, 5.41) is 14.6. The van der Waals surface area contributed by atoms with E-state index in [-0.39, 0.29) is 5.95 Å². The summed E-state index contributed by atoms with van der Waals surface area (Å²) in [4.78, 5) is 1.11.